The van der Waals surface area contributed by atoms with Gasteiger partial charge in [0.15, 0.2) is 0 Å². The van der Waals surface area contributed by atoms with E-state index in [9.17, 15) is 13.2 Å². The predicted molar refractivity (Wildman–Crippen MR) is 48.9 cm³/mol. The Labute approximate surface area is 82.0 Å². The first-order valence-electron chi connectivity index (χ1n) is 4.99. The van der Waals surface area contributed by atoms with Crippen LogP contribution in [0.1, 0.15) is 32.1 Å². The zero-order valence-electron chi connectivity index (χ0n) is 8.16. The molecule has 5 heteroatoms. The first kappa shape index (κ1) is 11.8. The highest BCUT2D eigenvalue weighted by Gasteiger charge is 2.35. The van der Waals surface area contributed by atoms with E-state index < -0.39 is 18.3 Å². The molecule has 0 aliphatic heterocycles. The molecule has 14 heavy (non-hydrogen) atoms. The van der Waals surface area contributed by atoms with Gasteiger partial charge >= 0.3 is 6.18 Å². The topological polar surface area (TPSA) is 38.0 Å². The van der Waals surface area contributed by atoms with Gasteiger partial charge in [0.2, 0.25) is 0 Å². The summed E-state index contributed by atoms with van der Waals surface area (Å²) in [4.78, 5) is 0. The molecule has 1 fully saturated rings. The summed E-state index contributed by atoms with van der Waals surface area (Å²) in [5.74, 6) is 0. The van der Waals surface area contributed by atoms with Gasteiger partial charge in [-0.05, 0) is 12.8 Å². The first-order valence-corrected chi connectivity index (χ1v) is 4.99. The van der Waals surface area contributed by atoms with Gasteiger partial charge in [0.1, 0.15) is 0 Å². The van der Waals surface area contributed by atoms with E-state index >= 15 is 0 Å². The molecular formula is C9H17F3N2. The van der Waals surface area contributed by atoms with Gasteiger partial charge in [-0.3, -0.25) is 0 Å². The summed E-state index contributed by atoms with van der Waals surface area (Å²) in [6.45, 7) is -0.632. The Hall–Kier alpha value is -0.290. The normalized spacial score (nSPS) is 22.3. The molecule has 3 N–H and O–H groups in total. The second kappa shape index (κ2) is 4.49. The smallest absolute Gasteiger partial charge is 0.329 e. The Morgan fingerprint density at radius 3 is 2.14 bits per heavy atom. The summed E-state index contributed by atoms with van der Waals surface area (Å²) >= 11 is 0. The molecular weight excluding hydrogens is 193 g/mol. The van der Waals surface area contributed by atoms with Gasteiger partial charge in [-0.15, -0.1) is 0 Å². The van der Waals surface area contributed by atoms with E-state index in [0.717, 1.165) is 32.1 Å². The van der Waals surface area contributed by atoms with Gasteiger partial charge in [0.25, 0.3) is 0 Å². The van der Waals surface area contributed by atoms with Crippen molar-refractivity contribution in [3.05, 3.63) is 0 Å². The minimum Gasteiger partial charge on any atom is -0.329 e. The van der Waals surface area contributed by atoms with E-state index in [2.05, 4.69) is 5.32 Å². The summed E-state index contributed by atoms with van der Waals surface area (Å²) in [5, 5.41) is 2.57. The van der Waals surface area contributed by atoms with Crippen LogP contribution in [-0.4, -0.2) is 24.8 Å². The number of hydrogen-bond donors (Lipinski definition) is 2. The molecule has 0 saturated heterocycles. The Bertz CT molecular complexity index is 173. The number of nitrogens with two attached hydrogens (primary N) is 1. The molecule has 0 bridgehead atoms. The van der Waals surface area contributed by atoms with Crippen LogP contribution in [0, 0.1) is 0 Å². The molecule has 84 valence electrons. The lowest BCUT2D eigenvalue weighted by Gasteiger charge is -2.37. The Morgan fingerprint density at radius 2 is 1.71 bits per heavy atom. The third-order valence-electron chi connectivity index (χ3n) is 2.87. The van der Waals surface area contributed by atoms with E-state index in [1.807, 2.05) is 0 Å². The predicted octanol–water partition coefficient (Wildman–Crippen LogP) is 1.80. The minimum atomic E-state index is -4.14. The van der Waals surface area contributed by atoms with E-state index in [1.54, 1.807) is 0 Å². The minimum absolute atomic E-state index is 0.295. The van der Waals surface area contributed by atoms with Gasteiger partial charge in [-0.2, -0.15) is 13.2 Å². The van der Waals surface area contributed by atoms with Crippen LogP contribution < -0.4 is 11.1 Å². The van der Waals surface area contributed by atoms with E-state index in [1.165, 1.54) is 0 Å². The van der Waals surface area contributed by atoms with E-state index in [4.69, 9.17) is 5.73 Å². The monoisotopic (exact) mass is 210 g/mol. The van der Waals surface area contributed by atoms with Crippen molar-refractivity contribution in [3.8, 4) is 0 Å². The fourth-order valence-electron chi connectivity index (χ4n) is 1.97. The number of rotatable bonds is 3. The van der Waals surface area contributed by atoms with Crippen LogP contribution in [0.3, 0.4) is 0 Å². The molecule has 0 aromatic rings. The lowest BCUT2D eigenvalue weighted by atomic mass is 9.82. The zero-order valence-corrected chi connectivity index (χ0v) is 8.16. The molecule has 1 aliphatic rings. The molecule has 0 spiro atoms. The van der Waals surface area contributed by atoms with E-state index in [-0.39, 0.29) is 0 Å². The standard InChI is InChI=1S/C9H17F3N2/c10-9(11,12)7-14-8(6-13)4-2-1-3-5-8/h14H,1-7,13H2. The molecule has 1 rings (SSSR count). The maximum atomic E-state index is 12.0. The van der Waals surface area contributed by atoms with Crippen molar-refractivity contribution in [3.63, 3.8) is 0 Å². The lowest BCUT2D eigenvalue weighted by Crippen LogP contribution is -2.54. The van der Waals surface area contributed by atoms with Crippen LogP contribution in [0.5, 0.6) is 0 Å². The maximum Gasteiger partial charge on any atom is 0.401 e. The van der Waals surface area contributed by atoms with Crippen LogP contribution in [0.4, 0.5) is 13.2 Å². The highest BCUT2D eigenvalue weighted by atomic mass is 19.4. The maximum absolute atomic E-state index is 12.0. The van der Waals surface area contributed by atoms with Crippen LogP contribution >= 0.6 is 0 Å². The van der Waals surface area contributed by atoms with Crippen molar-refractivity contribution in [2.75, 3.05) is 13.1 Å². The highest BCUT2D eigenvalue weighted by Crippen LogP contribution is 2.28. The third kappa shape index (κ3) is 3.46. The molecule has 1 aliphatic carbocycles. The first-order chi connectivity index (χ1) is 6.47. The van der Waals surface area contributed by atoms with Crippen LogP contribution in [-0.2, 0) is 0 Å². The molecule has 2 nitrogen and oxygen atoms in total. The van der Waals surface area contributed by atoms with Crippen LogP contribution in [0.25, 0.3) is 0 Å². The Kier molecular flexibility index (Phi) is 3.78. The summed E-state index contributed by atoms with van der Waals surface area (Å²) in [6.07, 6.45) is 0.443. The van der Waals surface area contributed by atoms with Crippen molar-refractivity contribution in [2.24, 2.45) is 5.73 Å². The highest BCUT2D eigenvalue weighted by molar-refractivity contribution is 4.92. The molecule has 0 aromatic carbocycles. The Morgan fingerprint density at radius 1 is 1.14 bits per heavy atom. The fraction of sp³-hybridized carbons (Fsp3) is 1.00. The fourth-order valence-corrected chi connectivity index (χ4v) is 1.97. The van der Waals surface area contributed by atoms with Crippen LogP contribution in [0.2, 0.25) is 0 Å². The van der Waals surface area contributed by atoms with Gasteiger partial charge in [-0.25, -0.2) is 0 Å². The summed E-state index contributed by atoms with van der Waals surface area (Å²) in [6, 6.07) is 0. The largest absolute Gasteiger partial charge is 0.401 e. The van der Waals surface area contributed by atoms with Gasteiger partial charge < -0.3 is 11.1 Å². The van der Waals surface area contributed by atoms with Gasteiger partial charge in [-0.1, -0.05) is 19.3 Å². The summed E-state index contributed by atoms with van der Waals surface area (Å²) in [5.41, 5.74) is 5.07. The van der Waals surface area contributed by atoms with E-state index in [0.29, 0.717) is 6.54 Å². The molecule has 0 aromatic heterocycles. The number of alkyl halides is 3. The van der Waals surface area contributed by atoms with Gasteiger partial charge in [0.05, 0.1) is 6.54 Å². The summed E-state index contributed by atoms with van der Waals surface area (Å²) < 4.78 is 36.0. The molecule has 0 radical (unpaired) electrons. The average Bonchev–Trinajstić information content (AvgIpc) is 2.15. The quantitative estimate of drug-likeness (QED) is 0.745. The summed E-state index contributed by atoms with van der Waals surface area (Å²) in [7, 11) is 0. The molecule has 1 saturated carbocycles. The second-order valence-electron chi connectivity index (χ2n) is 4.01. The number of nitrogens with one attached hydrogen (secondary N) is 1. The van der Waals surface area contributed by atoms with Crippen molar-refractivity contribution >= 4 is 0 Å². The number of halogens is 3. The van der Waals surface area contributed by atoms with Gasteiger partial charge in [0, 0.05) is 12.1 Å². The molecule has 0 amide bonds. The third-order valence-corrected chi connectivity index (χ3v) is 2.87. The Balaban J connectivity index is 2.44. The lowest BCUT2D eigenvalue weighted by molar-refractivity contribution is -0.129. The van der Waals surface area contributed by atoms with Crippen molar-refractivity contribution in [1.82, 2.24) is 5.32 Å². The van der Waals surface area contributed by atoms with Crippen molar-refractivity contribution < 1.29 is 13.2 Å². The SMILES string of the molecule is NCC1(NCC(F)(F)F)CCCCC1. The molecule has 0 unspecified atom stereocenters. The van der Waals surface area contributed by atoms with Crippen molar-refractivity contribution in [2.45, 2.75) is 43.8 Å². The van der Waals surface area contributed by atoms with Crippen LogP contribution in [0.15, 0.2) is 0 Å². The molecule has 0 atom stereocenters. The number of hydrogen-bond acceptors (Lipinski definition) is 2. The van der Waals surface area contributed by atoms with Crippen molar-refractivity contribution in [1.29, 1.82) is 0 Å². The molecule has 0 heterocycles. The second-order valence-corrected chi connectivity index (χ2v) is 4.01. The average molecular weight is 210 g/mol. The zero-order chi connectivity index (χ0) is 10.7.